The van der Waals surface area contributed by atoms with Crippen molar-refractivity contribution in [3.63, 3.8) is 0 Å². The van der Waals surface area contributed by atoms with Crippen molar-refractivity contribution < 1.29 is 9.90 Å². The van der Waals surface area contributed by atoms with Gasteiger partial charge in [-0.05, 0) is 12.0 Å². The van der Waals surface area contributed by atoms with Gasteiger partial charge < -0.3 is 10.4 Å². The highest BCUT2D eigenvalue weighted by Gasteiger charge is 2.13. The quantitative estimate of drug-likeness (QED) is 0.765. The molecule has 2 N–H and O–H groups in total. The van der Waals surface area contributed by atoms with Gasteiger partial charge in [-0.1, -0.05) is 37.3 Å². The van der Waals surface area contributed by atoms with Crippen LogP contribution in [0, 0.1) is 5.92 Å². The molecule has 1 amide bonds. The zero-order chi connectivity index (χ0) is 11.1. The maximum Gasteiger partial charge on any atom is 0.225 e. The van der Waals surface area contributed by atoms with Gasteiger partial charge in [-0.25, -0.2) is 0 Å². The second kappa shape index (κ2) is 6.19. The van der Waals surface area contributed by atoms with Crippen LogP contribution >= 0.6 is 0 Å². The van der Waals surface area contributed by atoms with Crippen molar-refractivity contribution in [2.24, 2.45) is 5.92 Å². The average Bonchev–Trinajstić information content (AvgIpc) is 2.29. The third kappa shape index (κ3) is 3.72. The predicted molar refractivity (Wildman–Crippen MR) is 59.2 cm³/mol. The molecule has 0 saturated carbocycles. The highest BCUT2D eigenvalue weighted by molar-refractivity contribution is 5.78. The van der Waals surface area contributed by atoms with Crippen molar-refractivity contribution in [3.8, 4) is 0 Å². The summed E-state index contributed by atoms with van der Waals surface area (Å²) in [6.07, 6.45) is 0.664. The molecule has 0 radical (unpaired) electrons. The van der Waals surface area contributed by atoms with E-state index in [9.17, 15) is 4.79 Å². The molecular formula is C12H17NO2. The maximum atomic E-state index is 11.5. The molecule has 3 heteroatoms. The van der Waals surface area contributed by atoms with Crippen LogP contribution in [0.5, 0.6) is 0 Å². The minimum atomic E-state index is -0.284. The lowest BCUT2D eigenvalue weighted by molar-refractivity contribution is -0.126. The number of hydrogen-bond donors (Lipinski definition) is 2. The normalized spacial score (nSPS) is 12.1. The lowest BCUT2D eigenvalue weighted by Gasteiger charge is -2.11. The smallest absolute Gasteiger partial charge is 0.225 e. The van der Waals surface area contributed by atoms with Crippen LogP contribution in [0.2, 0.25) is 0 Å². The van der Waals surface area contributed by atoms with E-state index < -0.39 is 0 Å². The van der Waals surface area contributed by atoms with Crippen molar-refractivity contribution >= 4 is 5.91 Å². The lowest BCUT2D eigenvalue weighted by atomic mass is 10.1. The number of carbonyl (C=O) groups excluding carboxylic acids is 1. The van der Waals surface area contributed by atoms with Crippen LogP contribution in [0.1, 0.15) is 18.9 Å². The first-order chi connectivity index (χ1) is 7.27. The molecule has 82 valence electrons. The first-order valence-electron chi connectivity index (χ1n) is 5.20. The van der Waals surface area contributed by atoms with Crippen LogP contribution in [-0.4, -0.2) is 17.6 Å². The molecule has 0 spiro atoms. The van der Waals surface area contributed by atoms with Crippen molar-refractivity contribution in [3.05, 3.63) is 35.9 Å². The largest absolute Gasteiger partial charge is 0.396 e. The fourth-order valence-corrected chi connectivity index (χ4v) is 1.33. The Balaban J connectivity index is 2.40. The molecule has 0 aliphatic heterocycles. The van der Waals surface area contributed by atoms with Crippen molar-refractivity contribution in [2.45, 2.75) is 19.9 Å². The van der Waals surface area contributed by atoms with E-state index in [0.717, 1.165) is 5.56 Å². The van der Waals surface area contributed by atoms with Crippen LogP contribution in [0.4, 0.5) is 0 Å². The average molecular weight is 207 g/mol. The number of aliphatic hydroxyl groups excluding tert-OH is 1. The van der Waals surface area contributed by atoms with E-state index in [1.807, 2.05) is 37.3 Å². The fourth-order valence-electron chi connectivity index (χ4n) is 1.33. The molecule has 3 nitrogen and oxygen atoms in total. The van der Waals surface area contributed by atoms with Crippen molar-refractivity contribution in [1.29, 1.82) is 0 Å². The van der Waals surface area contributed by atoms with E-state index in [1.165, 1.54) is 0 Å². The Hall–Kier alpha value is -1.35. The number of carbonyl (C=O) groups is 1. The molecule has 0 heterocycles. The number of rotatable bonds is 5. The van der Waals surface area contributed by atoms with Gasteiger partial charge in [0.05, 0.1) is 12.5 Å². The van der Waals surface area contributed by atoms with Crippen molar-refractivity contribution in [2.75, 3.05) is 6.61 Å². The van der Waals surface area contributed by atoms with E-state index in [-0.39, 0.29) is 18.4 Å². The number of aliphatic hydroxyl groups is 1. The molecule has 1 atom stereocenters. The number of nitrogens with one attached hydrogen (secondary N) is 1. The summed E-state index contributed by atoms with van der Waals surface area (Å²) >= 11 is 0. The Kier molecular flexibility index (Phi) is 4.84. The Morgan fingerprint density at radius 2 is 2.07 bits per heavy atom. The third-order valence-electron chi connectivity index (χ3n) is 2.39. The summed E-state index contributed by atoms with van der Waals surface area (Å²) < 4.78 is 0. The molecule has 1 aromatic carbocycles. The Morgan fingerprint density at radius 1 is 1.40 bits per heavy atom. The minimum absolute atomic E-state index is 0.0798. The molecule has 1 unspecified atom stereocenters. The minimum Gasteiger partial charge on any atom is -0.396 e. The summed E-state index contributed by atoms with van der Waals surface area (Å²) in [4.78, 5) is 11.5. The summed E-state index contributed by atoms with van der Waals surface area (Å²) in [6, 6.07) is 9.73. The Morgan fingerprint density at radius 3 is 2.60 bits per heavy atom. The second-order valence-corrected chi connectivity index (χ2v) is 3.49. The molecular weight excluding hydrogens is 190 g/mol. The van der Waals surface area contributed by atoms with Gasteiger partial charge in [0.15, 0.2) is 0 Å². The summed E-state index contributed by atoms with van der Waals surface area (Å²) in [7, 11) is 0. The zero-order valence-corrected chi connectivity index (χ0v) is 8.94. The zero-order valence-electron chi connectivity index (χ0n) is 8.94. The maximum absolute atomic E-state index is 11.5. The van der Waals surface area contributed by atoms with Crippen LogP contribution in [0.3, 0.4) is 0 Å². The van der Waals surface area contributed by atoms with Gasteiger partial charge in [-0.2, -0.15) is 0 Å². The molecule has 0 aliphatic rings. The summed E-state index contributed by atoms with van der Waals surface area (Å²) in [6.45, 7) is 2.33. The van der Waals surface area contributed by atoms with Crippen LogP contribution in [0.25, 0.3) is 0 Å². The van der Waals surface area contributed by atoms with Gasteiger partial charge in [0, 0.05) is 6.54 Å². The van der Waals surface area contributed by atoms with E-state index in [1.54, 1.807) is 0 Å². The highest BCUT2D eigenvalue weighted by Crippen LogP contribution is 2.02. The lowest BCUT2D eigenvalue weighted by Crippen LogP contribution is -2.31. The van der Waals surface area contributed by atoms with Gasteiger partial charge in [-0.15, -0.1) is 0 Å². The van der Waals surface area contributed by atoms with Crippen LogP contribution < -0.4 is 5.32 Å². The van der Waals surface area contributed by atoms with E-state index in [0.29, 0.717) is 13.0 Å². The van der Waals surface area contributed by atoms with Gasteiger partial charge in [0.2, 0.25) is 5.91 Å². The number of amides is 1. The standard InChI is InChI=1S/C12H17NO2/c1-2-11(9-14)12(15)13-8-10-6-4-3-5-7-10/h3-7,11,14H,2,8-9H2,1H3,(H,13,15). The summed E-state index contributed by atoms with van der Waals surface area (Å²) in [5.41, 5.74) is 1.07. The van der Waals surface area contributed by atoms with E-state index >= 15 is 0 Å². The summed E-state index contributed by atoms with van der Waals surface area (Å²) in [5.74, 6) is -0.363. The number of hydrogen-bond acceptors (Lipinski definition) is 2. The fraction of sp³-hybridized carbons (Fsp3) is 0.417. The second-order valence-electron chi connectivity index (χ2n) is 3.49. The third-order valence-corrected chi connectivity index (χ3v) is 2.39. The molecule has 0 saturated heterocycles. The van der Waals surface area contributed by atoms with Gasteiger partial charge in [0.1, 0.15) is 0 Å². The van der Waals surface area contributed by atoms with Crippen LogP contribution in [0.15, 0.2) is 30.3 Å². The van der Waals surface area contributed by atoms with Gasteiger partial charge in [0.25, 0.3) is 0 Å². The Bertz CT molecular complexity index is 294. The molecule has 0 bridgehead atoms. The Labute approximate surface area is 90.1 Å². The number of benzene rings is 1. The first-order valence-corrected chi connectivity index (χ1v) is 5.20. The van der Waals surface area contributed by atoms with Gasteiger partial charge >= 0.3 is 0 Å². The van der Waals surface area contributed by atoms with Gasteiger partial charge in [-0.3, -0.25) is 4.79 Å². The molecule has 0 fully saturated rings. The van der Waals surface area contributed by atoms with E-state index in [4.69, 9.17) is 5.11 Å². The first kappa shape index (κ1) is 11.7. The molecule has 15 heavy (non-hydrogen) atoms. The monoisotopic (exact) mass is 207 g/mol. The summed E-state index contributed by atoms with van der Waals surface area (Å²) in [5, 5.41) is 11.7. The van der Waals surface area contributed by atoms with Crippen molar-refractivity contribution in [1.82, 2.24) is 5.32 Å². The molecule has 1 rings (SSSR count). The topological polar surface area (TPSA) is 49.3 Å². The van der Waals surface area contributed by atoms with Crippen LogP contribution in [-0.2, 0) is 11.3 Å². The SMILES string of the molecule is CCC(CO)C(=O)NCc1ccccc1. The highest BCUT2D eigenvalue weighted by atomic mass is 16.3. The molecule has 1 aromatic rings. The van der Waals surface area contributed by atoms with E-state index in [2.05, 4.69) is 5.32 Å². The molecule has 0 aliphatic carbocycles. The predicted octanol–water partition coefficient (Wildman–Crippen LogP) is 1.32. The molecule has 0 aromatic heterocycles.